The number of carbonyl (C=O) groups is 2. The minimum Gasteiger partial charge on any atom is -0.493 e. The van der Waals surface area contributed by atoms with Crippen LogP contribution in [-0.4, -0.2) is 40.6 Å². The summed E-state index contributed by atoms with van der Waals surface area (Å²) < 4.78 is 17.5. The summed E-state index contributed by atoms with van der Waals surface area (Å²) in [6.07, 6.45) is 2.34. The average molecular weight is 569 g/mol. The molecule has 3 aromatic carbocycles. The standard InChI is InChI=1S/C34H36N2O6/c1-22(2)41-29-16-12-27(13-17-29)33-36-30(24(4)42-33)18-19-40-28-14-10-25(11-15-28)21-31(34(38)39)35-23(3)20-32(37)26-8-6-5-7-9-26/h5-17,20,22,31,35H,18-19,21H2,1-4H3,(H,38,39)/b23-20+/t31-/m0/s1. The Balaban J connectivity index is 1.29. The molecule has 8 nitrogen and oxygen atoms in total. The van der Waals surface area contributed by atoms with Gasteiger partial charge in [-0.1, -0.05) is 42.5 Å². The van der Waals surface area contributed by atoms with Crippen LogP contribution in [0.4, 0.5) is 0 Å². The highest BCUT2D eigenvalue weighted by molar-refractivity contribution is 6.04. The number of nitrogens with one attached hydrogen (secondary N) is 1. The summed E-state index contributed by atoms with van der Waals surface area (Å²) in [5.41, 5.74) is 3.56. The van der Waals surface area contributed by atoms with Crippen LogP contribution in [-0.2, 0) is 17.6 Å². The van der Waals surface area contributed by atoms with E-state index in [1.165, 1.54) is 6.08 Å². The number of carboxylic acid groups (broad SMARTS) is 1. The van der Waals surface area contributed by atoms with Gasteiger partial charge in [-0.05, 0) is 69.7 Å². The number of nitrogens with zero attached hydrogens (tertiary/aromatic N) is 1. The molecule has 0 saturated heterocycles. The Hall–Kier alpha value is -4.85. The molecule has 1 atom stereocenters. The van der Waals surface area contributed by atoms with Gasteiger partial charge in [0.25, 0.3) is 0 Å². The number of ketones is 1. The quantitative estimate of drug-likeness (QED) is 0.132. The normalized spacial score (nSPS) is 12.2. The van der Waals surface area contributed by atoms with E-state index < -0.39 is 12.0 Å². The number of carboxylic acids is 1. The number of carbonyl (C=O) groups excluding carboxylic acids is 1. The van der Waals surface area contributed by atoms with Crippen molar-refractivity contribution < 1.29 is 28.6 Å². The van der Waals surface area contributed by atoms with Crippen molar-refractivity contribution in [3.63, 3.8) is 0 Å². The highest BCUT2D eigenvalue weighted by Gasteiger charge is 2.18. The predicted octanol–water partition coefficient (Wildman–Crippen LogP) is 6.43. The van der Waals surface area contributed by atoms with Crippen LogP contribution >= 0.6 is 0 Å². The summed E-state index contributed by atoms with van der Waals surface area (Å²) in [6, 6.07) is 22.9. The summed E-state index contributed by atoms with van der Waals surface area (Å²) in [5.74, 6) is 1.58. The van der Waals surface area contributed by atoms with Crippen molar-refractivity contribution in [2.75, 3.05) is 6.61 Å². The van der Waals surface area contributed by atoms with Gasteiger partial charge in [-0.15, -0.1) is 0 Å². The predicted molar refractivity (Wildman–Crippen MR) is 161 cm³/mol. The molecule has 0 aliphatic rings. The Morgan fingerprint density at radius 1 is 0.976 bits per heavy atom. The minimum absolute atomic E-state index is 0.108. The third-order valence-corrected chi connectivity index (χ3v) is 6.44. The maximum atomic E-state index is 12.4. The second kappa shape index (κ2) is 14.2. The maximum Gasteiger partial charge on any atom is 0.326 e. The second-order valence-corrected chi connectivity index (χ2v) is 10.3. The van der Waals surface area contributed by atoms with Crippen molar-refractivity contribution in [3.05, 3.63) is 113 Å². The van der Waals surface area contributed by atoms with Crippen molar-refractivity contribution in [1.82, 2.24) is 10.3 Å². The summed E-state index contributed by atoms with van der Waals surface area (Å²) in [4.78, 5) is 29.0. The lowest BCUT2D eigenvalue weighted by Gasteiger charge is -2.16. The Morgan fingerprint density at radius 2 is 1.64 bits per heavy atom. The fourth-order valence-corrected chi connectivity index (χ4v) is 4.35. The van der Waals surface area contributed by atoms with Gasteiger partial charge < -0.3 is 24.3 Å². The SMILES string of the molecule is C/C(=C\C(=O)c1ccccc1)N[C@@H](Cc1ccc(OCCc2nc(-c3ccc(OC(C)C)cc3)oc2C)cc1)C(=O)O. The Kier molecular flexibility index (Phi) is 10.2. The third-order valence-electron chi connectivity index (χ3n) is 6.44. The number of hydrogen-bond acceptors (Lipinski definition) is 7. The van der Waals surface area contributed by atoms with E-state index in [4.69, 9.17) is 13.9 Å². The molecule has 0 aliphatic heterocycles. The van der Waals surface area contributed by atoms with Crippen LogP contribution < -0.4 is 14.8 Å². The number of oxazole rings is 1. The lowest BCUT2D eigenvalue weighted by molar-refractivity contribution is -0.139. The van der Waals surface area contributed by atoms with E-state index in [0.29, 0.717) is 35.9 Å². The average Bonchev–Trinajstić information content (AvgIpc) is 3.34. The Labute approximate surface area is 246 Å². The molecule has 4 rings (SSSR count). The molecule has 1 heterocycles. The van der Waals surface area contributed by atoms with Gasteiger partial charge in [0, 0.05) is 35.7 Å². The fraction of sp³-hybridized carbons (Fsp3) is 0.265. The van der Waals surface area contributed by atoms with Crippen molar-refractivity contribution >= 4 is 11.8 Å². The van der Waals surface area contributed by atoms with Gasteiger partial charge in [0.05, 0.1) is 18.4 Å². The molecular formula is C34H36N2O6. The zero-order chi connectivity index (χ0) is 30.1. The van der Waals surface area contributed by atoms with Crippen LogP contribution in [0.25, 0.3) is 11.5 Å². The van der Waals surface area contributed by atoms with Gasteiger partial charge in [0.1, 0.15) is 23.3 Å². The number of aryl methyl sites for hydroxylation is 1. The van der Waals surface area contributed by atoms with Gasteiger partial charge in [-0.3, -0.25) is 4.79 Å². The van der Waals surface area contributed by atoms with Crippen molar-refractivity contribution in [3.8, 4) is 23.0 Å². The molecule has 0 spiro atoms. The highest BCUT2D eigenvalue weighted by atomic mass is 16.5. The molecule has 2 N–H and O–H groups in total. The number of aromatic nitrogens is 1. The van der Waals surface area contributed by atoms with Crippen molar-refractivity contribution in [2.45, 2.75) is 52.7 Å². The molecule has 0 bridgehead atoms. The van der Waals surface area contributed by atoms with Gasteiger partial charge in [-0.25, -0.2) is 9.78 Å². The van der Waals surface area contributed by atoms with Gasteiger partial charge in [0.15, 0.2) is 5.78 Å². The number of benzene rings is 3. The van der Waals surface area contributed by atoms with Crippen LogP contribution in [0.5, 0.6) is 11.5 Å². The first-order valence-electron chi connectivity index (χ1n) is 13.9. The first-order valence-corrected chi connectivity index (χ1v) is 13.9. The Morgan fingerprint density at radius 3 is 2.29 bits per heavy atom. The first-order chi connectivity index (χ1) is 20.2. The van der Waals surface area contributed by atoms with E-state index in [1.807, 2.05) is 75.4 Å². The molecule has 8 heteroatoms. The monoisotopic (exact) mass is 568 g/mol. The zero-order valence-corrected chi connectivity index (χ0v) is 24.3. The lowest BCUT2D eigenvalue weighted by Crippen LogP contribution is -2.37. The number of hydrogen-bond donors (Lipinski definition) is 2. The van der Waals surface area contributed by atoms with E-state index in [-0.39, 0.29) is 18.3 Å². The molecule has 218 valence electrons. The van der Waals surface area contributed by atoms with Crippen LogP contribution in [0.15, 0.2) is 95.1 Å². The lowest BCUT2D eigenvalue weighted by atomic mass is 10.1. The fourth-order valence-electron chi connectivity index (χ4n) is 4.35. The van der Waals surface area contributed by atoms with Crippen LogP contribution in [0.3, 0.4) is 0 Å². The van der Waals surface area contributed by atoms with Gasteiger partial charge in [-0.2, -0.15) is 0 Å². The van der Waals surface area contributed by atoms with Crippen LogP contribution in [0.2, 0.25) is 0 Å². The van der Waals surface area contributed by atoms with E-state index in [0.717, 1.165) is 28.3 Å². The number of aliphatic carboxylic acids is 1. The minimum atomic E-state index is -1.00. The van der Waals surface area contributed by atoms with Gasteiger partial charge >= 0.3 is 5.97 Å². The molecule has 0 amide bonds. The summed E-state index contributed by atoms with van der Waals surface area (Å²) >= 11 is 0. The largest absolute Gasteiger partial charge is 0.493 e. The van der Waals surface area contributed by atoms with Crippen molar-refractivity contribution in [1.29, 1.82) is 0 Å². The van der Waals surface area contributed by atoms with Crippen LogP contribution in [0.1, 0.15) is 48.1 Å². The van der Waals surface area contributed by atoms with E-state index in [1.54, 1.807) is 31.2 Å². The molecule has 4 aromatic rings. The maximum absolute atomic E-state index is 12.4. The second-order valence-electron chi connectivity index (χ2n) is 10.3. The van der Waals surface area contributed by atoms with Crippen molar-refractivity contribution in [2.24, 2.45) is 0 Å². The molecule has 1 aromatic heterocycles. The molecular weight excluding hydrogens is 532 g/mol. The summed E-state index contributed by atoms with van der Waals surface area (Å²) in [7, 11) is 0. The zero-order valence-electron chi connectivity index (χ0n) is 24.3. The molecule has 0 saturated carbocycles. The third kappa shape index (κ3) is 8.57. The molecule has 0 aliphatic carbocycles. The van der Waals surface area contributed by atoms with Crippen LogP contribution in [0, 0.1) is 6.92 Å². The smallest absolute Gasteiger partial charge is 0.326 e. The summed E-state index contributed by atoms with van der Waals surface area (Å²) in [6.45, 7) is 7.95. The highest BCUT2D eigenvalue weighted by Crippen LogP contribution is 2.25. The molecule has 0 unspecified atom stereocenters. The number of ether oxygens (including phenoxy) is 2. The topological polar surface area (TPSA) is 111 Å². The summed E-state index contributed by atoms with van der Waals surface area (Å²) in [5, 5.41) is 12.7. The number of rotatable bonds is 14. The first kappa shape index (κ1) is 30.1. The number of allylic oxidation sites excluding steroid dienone is 2. The molecule has 0 radical (unpaired) electrons. The van der Waals surface area contributed by atoms with E-state index in [2.05, 4.69) is 10.3 Å². The van der Waals surface area contributed by atoms with E-state index in [9.17, 15) is 14.7 Å². The Bertz CT molecular complexity index is 1510. The van der Waals surface area contributed by atoms with E-state index >= 15 is 0 Å². The van der Waals surface area contributed by atoms with Gasteiger partial charge in [0.2, 0.25) is 5.89 Å². The molecule has 0 fully saturated rings. The molecule has 42 heavy (non-hydrogen) atoms.